The molecule has 0 fully saturated rings. The molecule has 0 radical (unpaired) electrons. The normalized spacial score (nSPS) is 13.9. The second kappa shape index (κ2) is 5.06. The van der Waals surface area contributed by atoms with Crippen molar-refractivity contribution >= 4 is 0 Å². The van der Waals surface area contributed by atoms with Gasteiger partial charge in [0.2, 0.25) is 0 Å². The number of rotatable bonds is 4. The quantitative estimate of drug-likeness (QED) is 0.583. The van der Waals surface area contributed by atoms with Crippen LogP contribution >= 0.6 is 0 Å². The van der Waals surface area contributed by atoms with Gasteiger partial charge in [0, 0.05) is 13.7 Å². The zero-order valence-corrected chi connectivity index (χ0v) is 5.90. The van der Waals surface area contributed by atoms with Crippen molar-refractivity contribution in [1.82, 2.24) is 5.32 Å². The highest BCUT2D eigenvalue weighted by molar-refractivity contribution is 4.54. The third-order valence-corrected chi connectivity index (χ3v) is 1.22. The van der Waals surface area contributed by atoms with Crippen molar-refractivity contribution in [2.75, 3.05) is 20.7 Å². The van der Waals surface area contributed by atoms with Gasteiger partial charge in [-0.1, -0.05) is 6.92 Å². The zero-order chi connectivity index (χ0) is 6.41. The Bertz CT molecular complexity index is 43.8. The Morgan fingerprint density at radius 3 is 2.38 bits per heavy atom. The Morgan fingerprint density at radius 1 is 1.62 bits per heavy atom. The van der Waals surface area contributed by atoms with Crippen LogP contribution in [0.3, 0.4) is 0 Å². The molecule has 0 heterocycles. The number of hydrogen-bond donors (Lipinski definition) is 1. The second-order valence-corrected chi connectivity index (χ2v) is 1.82. The number of methoxy groups -OCH3 is 1. The predicted octanol–water partition coefficient (Wildman–Crippen LogP) is 0.631. The Balaban J connectivity index is 3.07. The topological polar surface area (TPSA) is 21.3 Å². The molecule has 50 valence electrons. The molecule has 0 spiro atoms. The maximum Gasteiger partial charge on any atom is 0.0692 e. The summed E-state index contributed by atoms with van der Waals surface area (Å²) in [6.07, 6.45) is 1.47. The van der Waals surface area contributed by atoms with Crippen LogP contribution in [0.5, 0.6) is 0 Å². The van der Waals surface area contributed by atoms with Crippen LogP contribution in [-0.4, -0.2) is 26.8 Å². The number of likely N-dealkylation sites (N-methyl/N-ethyl adjacent to an activating group) is 1. The first kappa shape index (κ1) is 7.92. The van der Waals surface area contributed by atoms with Crippen LogP contribution in [0.1, 0.15) is 13.3 Å². The molecule has 0 saturated carbocycles. The number of nitrogens with one attached hydrogen (secondary N) is 1. The first-order chi connectivity index (χ1) is 3.85. The highest BCUT2D eigenvalue weighted by Crippen LogP contribution is 1.91. The van der Waals surface area contributed by atoms with Crippen LogP contribution < -0.4 is 5.32 Å². The fourth-order valence-corrected chi connectivity index (χ4v) is 0.622. The van der Waals surface area contributed by atoms with Gasteiger partial charge < -0.3 is 10.1 Å². The first-order valence-corrected chi connectivity index (χ1v) is 3.02. The van der Waals surface area contributed by atoms with Gasteiger partial charge in [-0.15, -0.1) is 0 Å². The van der Waals surface area contributed by atoms with Gasteiger partial charge in [0.05, 0.1) is 6.10 Å². The van der Waals surface area contributed by atoms with E-state index in [0.29, 0.717) is 6.10 Å². The molecule has 0 aromatic rings. The molecule has 1 atom stereocenters. The summed E-state index contributed by atoms with van der Waals surface area (Å²) < 4.78 is 5.08. The molecule has 0 aliphatic rings. The van der Waals surface area contributed by atoms with E-state index in [0.717, 1.165) is 13.0 Å². The maximum atomic E-state index is 5.08. The summed E-state index contributed by atoms with van der Waals surface area (Å²) >= 11 is 0. The lowest BCUT2D eigenvalue weighted by atomic mass is 10.3. The summed E-state index contributed by atoms with van der Waals surface area (Å²) in [5.74, 6) is 0. The van der Waals surface area contributed by atoms with Gasteiger partial charge in [-0.05, 0) is 13.5 Å². The molecule has 0 aliphatic carbocycles. The van der Waals surface area contributed by atoms with Crippen LogP contribution in [0.2, 0.25) is 0 Å². The molecule has 0 saturated heterocycles. The fourth-order valence-electron chi connectivity index (χ4n) is 0.622. The molecule has 1 unspecified atom stereocenters. The molecular weight excluding hydrogens is 102 g/mol. The summed E-state index contributed by atoms with van der Waals surface area (Å²) in [4.78, 5) is 0. The average Bonchev–Trinajstić information content (AvgIpc) is 1.83. The van der Waals surface area contributed by atoms with Gasteiger partial charge in [-0.25, -0.2) is 0 Å². The molecule has 2 nitrogen and oxygen atoms in total. The van der Waals surface area contributed by atoms with Gasteiger partial charge in [0.1, 0.15) is 0 Å². The van der Waals surface area contributed by atoms with E-state index in [4.69, 9.17) is 4.74 Å². The van der Waals surface area contributed by atoms with Crippen LogP contribution in [0.25, 0.3) is 0 Å². The maximum absolute atomic E-state index is 5.08. The van der Waals surface area contributed by atoms with Crippen LogP contribution in [0.4, 0.5) is 0 Å². The third kappa shape index (κ3) is 2.99. The molecular formula is C6H15NO. The van der Waals surface area contributed by atoms with E-state index < -0.39 is 0 Å². The van der Waals surface area contributed by atoms with Gasteiger partial charge in [0.25, 0.3) is 0 Å². The van der Waals surface area contributed by atoms with E-state index in [1.54, 1.807) is 7.11 Å². The minimum atomic E-state index is 0.389. The first-order valence-electron chi connectivity index (χ1n) is 3.02. The van der Waals surface area contributed by atoms with Crippen molar-refractivity contribution < 1.29 is 4.74 Å². The van der Waals surface area contributed by atoms with Gasteiger partial charge in [0.15, 0.2) is 0 Å². The van der Waals surface area contributed by atoms with E-state index in [-0.39, 0.29) is 0 Å². The van der Waals surface area contributed by atoms with E-state index >= 15 is 0 Å². The molecule has 0 aromatic heterocycles. The van der Waals surface area contributed by atoms with E-state index in [2.05, 4.69) is 12.2 Å². The van der Waals surface area contributed by atoms with Crippen LogP contribution in [-0.2, 0) is 4.74 Å². The minimum absolute atomic E-state index is 0.389. The van der Waals surface area contributed by atoms with E-state index in [9.17, 15) is 0 Å². The van der Waals surface area contributed by atoms with Crippen molar-refractivity contribution in [3.05, 3.63) is 0 Å². The second-order valence-electron chi connectivity index (χ2n) is 1.82. The summed E-state index contributed by atoms with van der Waals surface area (Å²) in [6, 6.07) is 0. The lowest BCUT2D eigenvalue weighted by Crippen LogP contribution is -2.24. The molecule has 8 heavy (non-hydrogen) atoms. The molecule has 0 rings (SSSR count). The Hall–Kier alpha value is -0.0800. The largest absolute Gasteiger partial charge is 0.380 e. The van der Waals surface area contributed by atoms with Crippen molar-refractivity contribution in [2.24, 2.45) is 0 Å². The van der Waals surface area contributed by atoms with Crippen molar-refractivity contribution in [1.29, 1.82) is 0 Å². The van der Waals surface area contributed by atoms with Crippen molar-refractivity contribution in [3.8, 4) is 0 Å². The van der Waals surface area contributed by atoms with Crippen molar-refractivity contribution in [3.63, 3.8) is 0 Å². The summed E-state index contributed by atoms with van der Waals surface area (Å²) in [7, 11) is 3.67. The van der Waals surface area contributed by atoms with Gasteiger partial charge >= 0.3 is 0 Å². The monoisotopic (exact) mass is 117 g/mol. The smallest absolute Gasteiger partial charge is 0.0692 e. The third-order valence-electron chi connectivity index (χ3n) is 1.22. The summed E-state index contributed by atoms with van der Waals surface area (Å²) in [5.41, 5.74) is 0. The Morgan fingerprint density at radius 2 is 2.25 bits per heavy atom. The summed E-state index contributed by atoms with van der Waals surface area (Å²) in [6.45, 7) is 3.07. The minimum Gasteiger partial charge on any atom is -0.380 e. The molecule has 0 amide bonds. The SMILES string of the molecule is CCC(CNC)OC. The lowest BCUT2D eigenvalue weighted by Gasteiger charge is -2.10. The summed E-state index contributed by atoms with van der Waals surface area (Å²) in [5, 5.41) is 3.04. The zero-order valence-electron chi connectivity index (χ0n) is 5.90. The molecule has 2 heteroatoms. The number of hydrogen-bond acceptors (Lipinski definition) is 2. The highest BCUT2D eigenvalue weighted by atomic mass is 16.5. The van der Waals surface area contributed by atoms with E-state index in [1.165, 1.54) is 0 Å². The van der Waals surface area contributed by atoms with Crippen LogP contribution in [0, 0.1) is 0 Å². The fraction of sp³-hybridized carbons (Fsp3) is 1.00. The number of ether oxygens (including phenoxy) is 1. The molecule has 1 N–H and O–H groups in total. The van der Waals surface area contributed by atoms with E-state index in [1.807, 2.05) is 7.05 Å². The van der Waals surface area contributed by atoms with Crippen molar-refractivity contribution in [2.45, 2.75) is 19.4 Å². The molecule has 0 aliphatic heterocycles. The standard InChI is InChI=1S/C6H15NO/c1-4-6(8-3)5-7-2/h6-7H,4-5H2,1-3H3. The highest BCUT2D eigenvalue weighted by Gasteiger charge is 1.98. The van der Waals surface area contributed by atoms with Gasteiger partial charge in [-0.3, -0.25) is 0 Å². The lowest BCUT2D eigenvalue weighted by molar-refractivity contribution is 0.100. The van der Waals surface area contributed by atoms with Gasteiger partial charge in [-0.2, -0.15) is 0 Å². The Kier molecular flexibility index (Phi) is 5.01. The predicted molar refractivity (Wildman–Crippen MR) is 35.0 cm³/mol. The molecule has 0 aromatic carbocycles. The molecule has 0 bridgehead atoms. The average molecular weight is 117 g/mol. The van der Waals surface area contributed by atoms with Crippen LogP contribution in [0.15, 0.2) is 0 Å². The Labute approximate surface area is 51.2 Å².